The number of halogens is 1. The van der Waals surface area contributed by atoms with Crippen molar-refractivity contribution in [1.82, 2.24) is 9.80 Å². The SMILES string of the molecule is O=C(O)C(=O)O.O=C(c1cccs1)N1CCN(Cc2cc(Br)ccc2O)CC1. The molecule has 1 aliphatic rings. The maximum Gasteiger partial charge on any atom is 0.414 e. The molecule has 3 N–H and O–H groups in total. The topological polar surface area (TPSA) is 118 Å². The van der Waals surface area contributed by atoms with E-state index in [4.69, 9.17) is 19.8 Å². The zero-order chi connectivity index (χ0) is 20.7. The molecule has 2 heterocycles. The van der Waals surface area contributed by atoms with E-state index in [1.165, 1.54) is 11.3 Å². The minimum absolute atomic E-state index is 0.125. The number of rotatable bonds is 3. The Morgan fingerprint density at radius 2 is 1.68 bits per heavy atom. The van der Waals surface area contributed by atoms with Gasteiger partial charge in [0.2, 0.25) is 0 Å². The number of carbonyl (C=O) groups excluding carboxylic acids is 1. The number of carboxylic acids is 2. The highest BCUT2D eigenvalue weighted by molar-refractivity contribution is 9.10. The number of carboxylic acid groups (broad SMARTS) is 2. The van der Waals surface area contributed by atoms with Crippen LogP contribution in [-0.4, -0.2) is 69.1 Å². The first kappa shape index (κ1) is 21.9. The fourth-order valence-electron chi connectivity index (χ4n) is 2.59. The number of carbonyl (C=O) groups is 3. The highest BCUT2D eigenvalue weighted by Gasteiger charge is 2.23. The lowest BCUT2D eigenvalue weighted by atomic mass is 10.1. The Morgan fingerprint density at radius 3 is 2.21 bits per heavy atom. The summed E-state index contributed by atoms with van der Waals surface area (Å²) in [7, 11) is 0. The summed E-state index contributed by atoms with van der Waals surface area (Å²) in [4.78, 5) is 35.5. The van der Waals surface area contributed by atoms with E-state index in [-0.39, 0.29) is 5.91 Å². The third-order valence-electron chi connectivity index (χ3n) is 4.01. The second-order valence-corrected chi connectivity index (χ2v) is 7.79. The lowest BCUT2D eigenvalue weighted by molar-refractivity contribution is -0.159. The first-order valence-electron chi connectivity index (χ1n) is 8.26. The molecule has 1 aromatic heterocycles. The molecule has 0 atom stereocenters. The number of nitrogens with zero attached hydrogens (tertiary/aromatic N) is 2. The molecule has 1 fully saturated rings. The number of thiophene rings is 1. The number of amides is 1. The largest absolute Gasteiger partial charge is 0.508 e. The highest BCUT2D eigenvalue weighted by Crippen LogP contribution is 2.24. The predicted octanol–water partition coefficient (Wildman–Crippen LogP) is 2.33. The van der Waals surface area contributed by atoms with Crippen molar-refractivity contribution in [2.24, 2.45) is 0 Å². The van der Waals surface area contributed by atoms with Gasteiger partial charge in [0.15, 0.2) is 0 Å². The number of phenolic OH excluding ortho intramolecular Hbond substituents is 1. The van der Waals surface area contributed by atoms with E-state index < -0.39 is 11.9 Å². The van der Waals surface area contributed by atoms with Gasteiger partial charge in [-0.05, 0) is 29.6 Å². The van der Waals surface area contributed by atoms with E-state index in [9.17, 15) is 9.90 Å². The van der Waals surface area contributed by atoms with Gasteiger partial charge in [0.1, 0.15) is 5.75 Å². The summed E-state index contributed by atoms with van der Waals surface area (Å²) in [5, 5.41) is 26.6. The summed E-state index contributed by atoms with van der Waals surface area (Å²) >= 11 is 4.92. The highest BCUT2D eigenvalue weighted by atomic mass is 79.9. The lowest BCUT2D eigenvalue weighted by Crippen LogP contribution is -2.48. The van der Waals surface area contributed by atoms with Gasteiger partial charge in [-0.1, -0.05) is 22.0 Å². The Balaban J connectivity index is 0.000000409. The van der Waals surface area contributed by atoms with Crippen molar-refractivity contribution in [2.75, 3.05) is 26.2 Å². The standard InChI is InChI=1S/C16H17BrN2O2S.C2H2O4/c17-13-3-4-14(20)12(10-13)11-18-5-7-19(8-6-18)16(21)15-2-1-9-22-15;3-1(4)2(5)6/h1-4,9-10,20H,5-8,11H2;(H,3,4)(H,5,6). The van der Waals surface area contributed by atoms with Gasteiger partial charge in [0.05, 0.1) is 4.88 Å². The van der Waals surface area contributed by atoms with Crippen LogP contribution >= 0.6 is 27.3 Å². The van der Waals surface area contributed by atoms with E-state index in [0.29, 0.717) is 12.3 Å². The van der Waals surface area contributed by atoms with E-state index in [0.717, 1.165) is 41.1 Å². The first-order valence-corrected chi connectivity index (χ1v) is 9.94. The van der Waals surface area contributed by atoms with Crippen LogP contribution < -0.4 is 0 Å². The summed E-state index contributed by atoms with van der Waals surface area (Å²) in [5.41, 5.74) is 0.910. The Labute approximate surface area is 173 Å². The molecule has 1 amide bonds. The summed E-state index contributed by atoms with van der Waals surface area (Å²) in [5.74, 6) is -3.20. The van der Waals surface area contributed by atoms with Crippen LogP contribution in [0.1, 0.15) is 15.2 Å². The quantitative estimate of drug-likeness (QED) is 0.588. The van der Waals surface area contributed by atoms with Crippen LogP contribution in [0.25, 0.3) is 0 Å². The van der Waals surface area contributed by atoms with Crippen LogP contribution in [-0.2, 0) is 16.1 Å². The molecule has 1 saturated heterocycles. The molecule has 0 unspecified atom stereocenters. The number of piperazine rings is 1. The Morgan fingerprint density at radius 1 is 1.04 bits per heavy atom. The van der Waals surface area contributed by atoms with Crippen LogP contribution in [0.5, 0.6) is 5.75 Å². The molecular formula is C18H19BrN2O6S. The zero-order valence-electron chi connectivity index (χ0n) is 14.7. The number of aromatic hydroxyl groups is 1. The van der Waals surface area contributed by atoms with Crippen LogP contribution in [0.4, 0.5) is 0 Å². The molecule has 150 valence electrons. The van der Waals surface area contributed by atoms with Gasteiger partial charge in [-0.3, -0.25) is 9.69 Å². The molecule has 28 heavy (non-hydrogen) atoms. The van der Waals surface area contributed by atoms with E-state index in [2.05, 4.69) is 20.8 Å². The summed E-state index contributed by atoms with van der Waals surface area (Å²) in [6.07, 6.45) is 0. The Hall–Kier alpha value is -2.43. The number of phenols is 1. The first-order chi connectivity index (χ1) is 13.3. The number of aliphatic carboxylic acids is 2. The zero-order valence-corrected chi connectivity index (χ0v) is 17.1. The van der Waals surface area contributed by atoms with Crippen molar-refractivity contribution in [3.8, 4) is 5.75 Å². The van der Waals surface area contributed by atoms with Crippen molar-refractivity contribution >= 4 is 45.1 Å². The predicted molar refractivity (Wildman–Crippen MR) is 107 cm³/mol. The summed E-state index contributed by atoms with van der Waals surface area (Å²) in [6.45, 7) is 3.80. The number of benzene rings is 1. The van der Waals surface area contributed by atoms with Crippen molar-refractivity contribution in [1.29, 1.82) is 0 Å². The minimum Gasteiger partial charge on any atom is -0.508 e. The maximum atomic E-state index is 12.3. The normalized spacial score (nSPS) is 14.1. The smallest absolute Gasteiger partial charge is 0.414 e. The van der Waals surface area contributed by atoms with Gasteiger partial charge >= 0.3 is 11.9 Å². The Bertz CT molecular complexity index is 823. The third kappa shape index (κ3) is 6.32. The molecular weight excluding hydrogens is 452 g/mol. The van der Waals surface area contributed by atoms with Crippen LogP contribution in [0.2, 0.25) is 0 Å². The van der Waals surface area contributed by atoms with Gasteiger partial charge in [0, 0.05) is 42.8 Å². The van der Waals surface area contributed by atoms with Gasteiger partial charge < -0.3 is 20.2 Å². The van der Waals surface area contributed by atoms with Gasteiger partial charge in [0.25, 0.3) is 5.91 Å². The molecule has 8 nitrogen and oxygen atoms in total. The van der Waals surface area contributed by atoms with Crippen LogP contribution in [0.3, 0.4) is 0 Å². The fourth-order valence-corrected chi connectivity index (χ4v) is 3.69. The van der Waals surface area contributed by atoms with Gasteiger partial charge in [-0.2, -0.15) is 0 Å². The average Bonchev–Trinajstić information content (AvgIpc) is 3.20. The van der Waals surface area contributed by atoms with E-state index >= 15 is 0 Å². The molecule has 0 saturated carbocycles. The van der Waals surface area contributed by atoms with Crippen molar-refractivity contribution < 1.29 is 29.7 Å². The second-order valence-electron chi connectivity index (χ2n) is 5.93. The lowest BCUT2D eigenvalue weighted by Gasteiger charge is -2.34. The summed E-state index contributed by atoms with van der Waals surface area (Å²) in [6, 6.07) is 9.26. The molecule has 0 bridgehead atoms. The van der Waals surface area contributed by atoms with E-state index in [1.54, 1.807) is 6.07 Å². The second kappa shape index (κ2) is 10.2. The van der Waals surface area contributed by atoms with Gasteiger partial charge in [-0.25, -0.2) is 9.59 Å². The molecule has 0 radical (unpaired) electrons. The van der Waals surface area contributed by atoms with Gasteiger partial charge in [-0.15, -0.1) is 11.3 Å². The fraction of sp³-hybridized carbons (Fsp3) is 0.278. The third-order valence-corrected chi connectivity index (χ3v) is 5.36. The molecule has 10 heteroatoms. The number of hydrogen-bond acceptors (Lipinski definition) is 6. The number of hydrogen-bond donors (Lipinski definition) is 3. The van der Waals surface area contributed by atoms with Crippen LogP contribution in [0, 0.1) is 0 Å². The van der Waals surface area contributed by atoms with Crippen molar-refractivity contribution in [2.45, 2.75) is 6.54 Å². The minimum atomic E-state index is -1.82. The molecule has 0 spiro atoms. The molecule has 1 aromatic carbocycles. The van der Waals surface area contributed by atoms with E-state index in [1.807, 2.05) is 34.5 Å². The van der Waals surface area contributed by atoms with Crippen molar-refractivity contribution in [3.05, 3.63) is 50.6 Å². The monoisotopic (exact) mass is 470 g/mol. The van der Waals surface area contributed by atoms with Crippen molar-refractivity contribution in [3.63, 3.8) is 0 Å². The molecule has 1 aliphatic heterocycles. The molecule has 2 aromatic rings. The van der Waals surface area contributed by atoms with Crippen LogP contribution in [0.15, 0.2) is 40.2 Å². The average molecular weight is 471 g/mol. The molecule has 3 rings (SSSR count). The molecule has 0 aliphatic carbocycles. The Kier molecular flexibility index (Phi) is 7.97. The maximum absolute atomic E-state index is 12.3. The summed E-state index contributed by atoms with van der Waals surface area (Å²) < 4.78 is 0.965.